The maximum Gasteiger partial charge on any atom is 0.122 e. The van der Waals surface area contributed by atoms with Gasteiger partial charge in [0.05, 0.1) is 24.8 Å². The molecule has 1 atom stereocenters. The average Bonchev–Trinajstić information content (AvgIpc) is 2.94. The molecular weight excluding hydrogens is 226 g/mol. The quantitative estimate of drug-likeness (QED) is 0.868. The molecule has 1 saturated heterocycles. The van der Waals surface area contributed by atoms with Gasteiger partial charge >= 0.3 is 0 Å². The largest absolute Gasteiger partial charge is 0.370 e. The van der Waals surface area contributed by atoms with Gasteiger partial charge in [-0.25, -0.2) is 4.98 Å². The van der Waals surface area contributed by atoms with Crippen molar-refractivity contribution in [3.8, 4) is 0 Å². The molecule has 0 spiro atoms. The summed E-state index contributed by atoms with van der Waals surface area (Å²) < 4.78 is 8.28. The van der Waals surface area contributed by atoms with E-state index in [9.17, 15) is 0 Å². The lowest BCUT2D eigenvalue weighted by Gasteiger charge is -2.20. The minimum absolute atomic E-state index is 0.0532. The number of ether oxygens (including phenoxy) is 1. The van der Waals surface area contributed by atoms with E-state index >= 15 is 0 Å². The van der Waals surface area contributed by atoms with Gasteiger partial charge in [0.2, 0.25) is 0 Å². The molecule has 1 saturated carbocycles. The highest BCUT2D eigenvalue weighted by molar-refractivity contribution is 4.95. The first kappa shape index (κ1) is 12.2. The van der Waals surface area contributed by atoms with Crippen LogP contribution in [-0.4, -0.2) is 27.3 Å². The highest BCUT2D eigenvalue weighted by Crippen LogP contribution is 2.30. The van der Waals surface area contributed by atoms with Crippen LogP contribution in [0.2, 0.25) is 0 Å². The number of hydrogen-bond acceptors (Lipinski definition) is 3. The molecule has 4 nitrogen and oxygen atoms in total. The molecule has 0 aromatic carbocycles. The molecule has 1 aromatic rings. The van der Waals surface area contributed by atoms with Gasteiger partial charge in [-0.2, -0.15) is 0 Å². The predicted octanol–water partition coefficient (Wildman–Crippen LogP) is 2.09. The second-order valence-corrected chi connectivity index (χ2v) is 6.19. The van der Waals surface area contributed by atoms with Crippen molar-refractivity contribution < 1.29 is 4.74 Å². The van der Waals surface area contributed by atoms with Crippen LogP contribution in [-0.2, 0) is 17.8 Å². The van der Waals surface area contributed by atoms with Gasteiger partial charge in [0.15, 0.2) is 0 Å². The molecule has 3 rings (SSSR count). The van der Waals surface area contributed by atoms with Crippen LogP contribution in [0.4, 0.5) is 0 Å². The van der Waals surface area contributed by atoms with E-state index in [2.05, 4.69) is 34.9 Å². The van der Waals surface area contributed by atoms with E-state index in [0.717, 1.165) is 37.8 Å². The molecule has 2 heterocycles. The van der Waals surface area contributed by atoms with Crippen molar-refractivity contribution in [3.05, 3.63) is 18.2 Å². The van der Waals surface area contributed by atoms with Crippen LogP contribution in [0.5, 0.6) is 0 Å². The molecule has 0 amide bonds. The lowest BCUT2D eigenvalue weighted by Crippen LogP contribution is -2.25. The summed E-state index contributed by atoms with van der Waals surface area (Å²) in [6.07, 6.45) is 9.25. The number of aromatic nitrogens is 2. The van der Waals surface area contributed by atoms with E-state index in [-0.39, 0.29) is 5.60 Å². The first-order valence-corrected chi connectivity index (χ1v) is 7.04. The van der Waals surface area contributed by atoms with E-state index in [1.165, 1.54) is 12.8 Å². The van der Waals surface area contributed by atoms with Crippen molar-refractivity contribution in [1.82, 2.24) is 14.9 Å². The summed E-state index contributed by atoms with van der Waals surface area (Å²) in [5.74, 6) is 1.13. The third-order valence-electron chi connectivity index (χ3n) is 3.88. The molecule has 100 valence electrons. The highest BCUT2D eigenvalue weighted by Gasteiger charge is 2.32. The second kappa shape index (κ2) is 4.67. The Morgan fingerprint density at radius 1 is 1.44 bits per heavy atom. The first-order chi connectivity index (χ1) is 8.62. The Morgan fingerprint density at radius 2 is 2.28 bits per heavy atom. The summed E-state index contributed by atoms with van der Waals surface area (Å²) in [6.45, 7) is 6.17. The van der Waals surface area contributed by atoms with E-state index in [1.807, 2.05) is 6.20 Å². The Hall–Kier alpha value is -0.870. The van der Waals surface area contributed by atoms with E-state index < -0.39 is 0 Å². The summed E-state index contributed by atoms with van der Waals surface area (Å²) in [5.41, 5.74) is 0.0532. The molecule has 1 unspecified atom stereocenters. The van der Waals surface area contributed by atoms with Gasteiger partial charge in [0, 0.05) is 18.4 Å². The standard InChI is InChI=1S/C14H23N3O/c1-14(2)6-5-12(18-14)10-17-8-7-15-13(17)9-16-11-3-4-11/h7-8,11-12,16H,3-6,9-10H2,1-2H3. The minimum atomic E-state index is 0.0532. The van der Waals surface area contributed by atoms with Crippen molar-refractivity contribution in [1.29, 1.82) is 0 Å². The van der Waals surface area contributed by atoms with Crippen LogP contribution in [0, 0.1) is 0 Å². The van der Waals surface area contributed by atoms with Crippen molar-refractivity contribution in [2.24, 2.45) is 0 Å². The fraction of sp³-hybridized carbons (Fsp3) is 0.786. The third kappa shape index (κ3) is 2.93. The molecule has 1 aliphatic carbocycles. The minimum Gasteiger partial charge on any atom is -0.370 e. The number of hydrogen-bond donors (Lipinski definition) is 1. The Morgan fingerprint density at radius 3 is 2.94 bits per heavy atom. The maximum atomic E-state index is 6.05. The van der Waals surface area contributed by atoms with Crippen LogP contribution in [0.25, 0.3) is 0 Å². The SMILES string of the molecule is CC1(C)CCC(Cn2ccnc2CNC2CC2)O1. The van der Waals surface area contributed by atoms with Crippen molar-refractivity contribution in [2.45, 2.75) is 70.4 Å². The zero-order valence-electron chi connectivity index (χ0n) is 11.4. The molecule has 18 heavy (non-hydrogen) atoms. The highest BCUT2D eigenvalue weighted by atomic mass is 16.5. The molecule has 1 aromatic heterocycles. The Kier molecular flexibility index (Phi) is 3.16. The van der Waals surface area contributed by atoms with Gasteiger partial charge in [-0.15, -0.1) is 0 Å². The lowest BCUT2D eigenvalue weighted by atomic mass is 10.1. The summed E-state index contributed by atoms with van der Waals surface area (Å²) in [7, 11) is 0. The predicted molar refractivity (Wildman–Crippen MR) is 70.3 cm³/mol. The van der Waals surface area contributed by atoms with Crippen molar-refractivity contribution in [3.63, 3.8) is 0 Å². The molecule has 2 fully saturated rings. The van der Waals surface area contributed by atoms with Gasteiger partial charge in [-0.05, 0) is 39.5 Å². The van der Waals surface area contributed by atoms with E-state index in [0.29, 0.717) is 6.10 Å². The van der Waals surface area contributed by atoms with Crippen LogP contribution in [0.1, 0.15) is 45.4 Å². The van der Waals surface area contributed by atoms with Gasteiger partial charge in [-0.1, -0.05) is 0 Å². The molecule has 0 bridgehead atoms. The fourth-order valence-corrected chi connectivity index (χ4v) is 2.62. The molecule has 1 N–H and O–H groups in total. The van der Waals surface area contributed by atoms with E-state index in [4.69, 9.17) is 4.74 Å². The smallest absolute Gasteiger partial charge is 0.122 e. The Balaban J connectivity index is 1.57. The normalized spacial score (nSPS) is 26.7. The van der Waals surface area contributed by atoms with Crippen LogP contribution >= 0.6 is 0 Å². The average molecular weight is 249 g/mol. The number of nitrogens with zero attached hydrogens (tertiary/aromatic N) is 2. The van der Waals surface area contributed by atoms with Gasteiger partial charge in [-0.3, -0.25) is 0 Å². The number of nitrogens with one attached hydrogen (secondary N) is 1. The summed E-state index contributed by atoms with van der Waals surface area (Å²) >= 11 is 0. The first-order valence-electron chi connectivity index (χ1n) is 7.04. The molecule has 0 radical (unpaired) electrons. The van der Waals surface area contributed by atoms with Crippen LogP contribution < -0.4 is 5.32 Å². The van der Waals surface area contributed by atoms with Crippen molar-refractivity contribution >= 4 is 0 Å². The monoisotopic (exact) mass is 249 g/mol. The van der Waals surface area contributed by atoms with Crippen LogP contribution in [0.3, 0.4) is 0 Å². The molecular formula is C14H23N3O. The third-order valence-corrected chi connectivity index (χ3v) is 3.88. The van der Waals surface area contributed by atoms with Gasteiger partial charge < -0.3 is 14.6 Å². The summed E-state index contributed by atoms with van der Waals surface area (Å²) in [6, 6.07) is 0.733. The zero-order valence-corrected chi connectivity index (χ0v) is 11.4. The van der Waals surface area contributed by atoms with Crippen molar-refractivity contribution in [2.75, 3.05) is 0 Å². The summed E-state index contributed by atoms with van der Waals surface area (Å²) in [4.78, 5) is 4.44. The van der Waals surface area contributed by atoms with E-state index in [1.54, 1.807) is 0 Å². The lowest BCUT2D eigenvalue weighted by molar-refractivity contribution is -0.0220. The topological polar surface area (TPSA) is 39.1 Å². The zero-order chi connectivity index (χ0) is 12.6. The van der Waals surface area contributed by atoms with Gasteiger partial charge in [0.1, 0.15) is 5.82 Å². The number of imidazole rings is 1. The van der Waals surface area contributed by atoms with Crippen LogP contribution in [0.15, 0.2) is 12.4 Å². The molecule has 4 heteroatoms. The fourth-order valence-electron chi connectivity index (χ4n) is 2.62. The molecule has 2 aliphatic rings. The number of rotatable bonds is 5. The summed E-state index contributed by atoms with van der Waals surface area (Å²) in [5, 5.41) is 3.52. The molecule has 1 aliphatic heterocycles. The van der Waals surface area contributed by atoms with Gasteiger partial charge in [0.25, 0.3) is 0 Å². The maximum absolute atomic E-state index is 6.05. The Bertz CT molecular complexity index is 409. The Labute approximate surface area is 109 Å². The second-order valence-electron chi connectivity index (χ2n) is 6.19.